The number of hydrogen-bond donors (Lipinski definition) is 3. The monoisotopic (exact) mass is 671 g/mol. The largest absolute Gasteiger partial charge is 0.467 e. The molecule has 0 spiro atoms. The number of amides is 3. The van der Waals surface area contributed by atoms with Gasteiger partial charge < -0.3 is 30.2 Å². The van der Waals surface area contributed by atoms with Crippen molar-refractivity contribution in [3.63, 3.8) is 0 Å². The first-order valence-corrected chi connectivity index (χ1v) is 15.2. The number of carbonyl (C=O) groups excluding carboxylic acids is 6. The van der Waals surface area contributed by atoms with Crippen molar-refractivity contribution in [1.82, 2.24) is 16.0 Å². The summed E-state index contributed by atoms with van der Waals surface area (Å²) in [5.74, 6) is -2.78. The number of ether oxygens (including phenoxy) is 3. The van der Waals surface area contributed by atoms with Gasteiger partial charge in [0.15, 0.2) is 0 Å². The topological polar surface area (TPSA) is 166 Å². The van der Waals surface area contributed by atoms with E-state index in [0.717, 1.165) is 0 Å². The van der Waals surface area contributed by atoms with Crippen LogP contribution in [-0.4, -0.2) is 75.1 Å². The van der Waals surface area contributed by atoms with Gasteiger partial charge in [0.2, 0.25) is 0 Å². The molecule has 49 heavy (non-hydrogen) atoms. The van der Waals surface area contributed by atoms with E-state index in [2.05, 4.69) is 27.3 Å². The standard InChI is InChI=1S/C24H26N2O6.C13H15NO3/c1-31-23(29)19(25-21(27)17-11-5-3-6-12-17)15-9-10-16-20(24(30)32-2)26-22(28)18-13-7-4-8-14-18;1-3-7-11(13(16)17-2)14-12(15)10-8-5-4-6-9-10/h3-14,19-20H,15-16H2,1-2H3,(H,25,27)(H,26,28);3-6,8-9,11H,1,7H2,2H3,(H,14,15). The van der Waals surface area contributed by atoms with Crippen molar-refractivity contribution in [2.75, 3.05) is 21.3 Å². The minimum Gasteiger partial charge on any atom is -0.467 e. The number of benzene rings is 3. The van der Waals surface area contributed by atoms with Gasteiger partial charge in [-0.25, -0.2) is 14.4 Å². The summed E-state index contributed by atoms with van der Waals surface area (Å²) in [6, 6.07) is 23.2. The molecule has 12 nitrogen and oxygen atoms in total. The number of carbonyl (C=O) groups is 6. The summed E-state index contributed by atoms with van der Waals surface area (Å²) in [5.41, 5.74) is 1.34. The highest BCUT2D eigenvalue weighted by Gasteiger charge is 2.23. The van der Waals surface area contributed by atoms with Crippen molar-refractivity contribution in [3.8, 4) is 0 Å². The van der Waals surface area contributed by atoms with Gasteiger partial charge in [-0.3, -0.25) is 14.4 Å². The molecule has 0 radical (unpaired) electrons. The second kappa shape index (κ2) is 21.7. The highest BCUT2D eigenvalue weighted by atomic mass is 16.5. The van der Waals surface area contributed by atoms with E-state index in [0.29, 0.717) is 23.1 Å². The molecule has 0 aliphatic heterocycles. The third kappa shape index (κ3) is 13.7. The lowest BCUT2D eigenvalue weighted by Gasteiger charge is -2.16. The molecule has 3 aromatic carbocycles. The second-order valence-corrected chi connectivity index (χ2v) is 10.2. The maximum atomic E-state index is 12.3. The van der Waals surface area contributed by atoms with Crippen LogP contribution >= 0.6 is 0 Å². The molecule has 3 N–H and O–H groups in total. The zero-order valence-corrected chi connectivity index (χ0v) is 27.6. The number of hydrogen-bond acceptors (Lipinski definition) is 9. The van der Waals surface area contributed by atoms with Crippen molar-refractivity contribution in [3.05, 3.63) is 132 Å². The average molecular weight is 672 g/mol. The average Bonchev–Trinajstić information content (AvgIpc) is 3.15. The van der Waals surface area contributed by atoms with E-state index in [-0.39, 0.29) is 18.7 Å². The van der Waals surface area contributed by atoms with E-state index in [4.69, 9.17) is 9.47 Å². The number of methoxy groups -OCH3 is 3. The van der Waals surface area contributed by atoms with Crippen LogP contribution in [0.4, 0.5) is 0 Å². The van der Waals surface area contributed by atoms with Crippen molar-refractivity contribution >= 4 is 35.6 Å². The molecule has 0 fully saturated rings. The molecule has 3 amide bonds. The molecule has 3 unspecified atom stereocenters. The molecule has 0 saturated heterocycles. The SMILES string of the molecule is C=CCC(NC(=O)c1ccccc1)C(=O)OC.COC(=O)C(CC=CCC(NC(=O)c1ccccc1)C(=O)OC)NC(=O)c1ccccc1. The van der Waals surface area contributed by atoms with E-state index in [1.54, 1.807) is 103 Å². The van der Waals surface area contributed by atoms with Crippen molar-refractivity contribution in [2.45, 2.75) is 37.4 Å². The summed E-state index contributed by atoms with van der Waals surface area (Å²) < 4.78 is 14.1. The van der Waals surface area contributed by atoms with Gasteiger partial charge in [-0.05, 0) is 55.7 Å². The van der Waals surface area contributed by atoms with Crippen LogP contribution in [0.3, 0.4) is 0 Å². The van der Waals surface area contributed by atoms with Crippen LogP contribution in [0.15, 0.2) is 116 Å². The maximum absolute atomic E-state index is 12.3. The summed E-state index contributed by atoms with van der Waals surface area (Å²) in [6.07, 6.45) is 5.46. The van der Waals surface area contributed by atoms with Crippen LogP contribution in [0.1, 0.15) is 50.3 Å². The van der Waals surface area contributed by atoms with E-state index in [1.165, 1.54) is 21.3 Å². The molecule has 3 atom stereocenters. The molecular weight excluding hydrogens is 630 g/mol. The molecule has 0 bridgehead atoms. The Kier molecular flexibility index (Phi) is 17.3. The molecule has 3 rings (SSSR count). The molecule has 0 aliphatic carbocycles. The summed E-state index contributed by atoms with van der Waals surface area (Å²) in [7, 11) is 3.76. The van der Waals surface area contributed by atoms with Gasteiger partial charge in [-0.15, -0.1) is 6.58 Å². The van der Waals surface area contributed by atoms with Gasteiger partial charge in [0.1, 0.15) is 18.1 Å². The molecule has 258 valence electrons. The van der Waals surface area contributed by atoms with Crippen LogP contribution in [0.25, 0.3) is 0 Å². The van der Waals surface area contributed by atoms with Gasteiger partial charge in [0.25, 0.3) is 17.7 Å². The Balaban J connectivity index is 0.000000412. The molecule has 0 saturated carbocycles. The fraction of sp³-hybridized carbons (Fsp3) is 0.243. The molecule has 3 aromatic rings. The molecule has 0 aliphatic rings. The second-order valence-electron chi connectivity index (χ2n) is 10.2. The quantitative estimate of drug-likeness (QED) is 0.124. The van der Waals surface area contributed by atoms with Crippen LogP contribution in [0.5, 0.6) is 0 Å². The lowest BCUT2D eigenvalue weighted by molar-refractivity contribution is -0.143. The van der Waals surface area contributed by atoms with Crippen molar-refractivity contribution < 1.29 is 43.0 Å². The zero-order valence-electron chi connectivity index (χ0n) is 27.6. The Hall–Kier alpha value is -6.04. The summed E-state index contributed by atoms with van der Waals surface area (Å²) in [6.45, 7) is 3.54. The zero-order chi connectivity index (χ0) is 36.0. The minimum atomic E-state index is -0.903. The van der Waals surface area contributed by atoms with Gasteiger partial charge in [-0.2, -0.15) is 0 Å². The van der Waals surface area contributed by atoms with Crippen LogP contribution in [0, 0.1) is 0 Å². The maximum Gasteiger partial charge on any atom is 0.328 e. The molecular formula is C37H41N3O9. The lowest BCUT2D eigenvalue weighted by atomic mass is 10.1. The van der Waals surface area contributed by atoms with E-state index in [9.17, 15) is 28.8 Å². The van der Waals surface area contributed by atoms with Gasteiger partial charge >= 0.3 is 17.9 Å². The summed E-state index contributed by atoms with van der Waals surface area (Å²) >= 11 is 0. The molecule has 0 heterocycles. The fourth-order valence-electron chi connectivity index (χ4n) is 4.19. The first-order chi connectivity index (χ1) is 23.6. The smallest absolute Gasteiger partial charge is 0.328 e. The lowest BCUT2D eigenvalue weighted by Crippen LogP contribution is -2.41. The van der Waals surface area contributed by atoms with Gasteiger partial charge in [-0.1, -0.05) is 72.8 Å². The highest BCUT2D eigenvalue weighted by molar-refractivity contribution is 5.98. The fourth-order valence-corrected chi connectivity index (χ4v) is 4.19. The van der Waals surface area contributed by atoms with E-state index >= 15 is 0 Å². The number of rotatable bonds is 15. The first-order valence-electron chi connectivity index (χ1n) is 15.2. The summed E-state index contributed by atoms with van der Waals surface area (Å²) in [4.78, 5) is 72.0. The first kappa shape index (κ1) is 39.1. The molecule has 12 heteroatoms. The Bertz CT molecular complexity index is 1480. The van der Waals surface area contributed by atoms with E-state index in [1.807, 2.05) is 6.07 Å². The predicted octanol–water partition coefficient (Wildman–Crippen LogP) is 3.80. The Morgan fingerprint density at radius 3 is 1.02 bits per heavy atom. The third-order valence-corrected chi connectivity index (χ3v) is 6.79. The predicted molar refractivity (Wildman–Crippen MR) is 182 cm³/mol. The van der Waals surface area contributed by atoms with Crippen molar-refractivity contribution in [2.24, 2.45) is 0 Å². The van der Waals surface area contributed by atoms with E-state index < -0.39 is 47.8 Å². The van der Waals surface area contributed by atoms with Gasteiger partial charge in [0, 0.05) is 16.7 Å². The Morgan fingerprint density at radius 1 is 0.510 bits per heavy atom. The number of esters is 3. The van der Waals surface area contributed by atoms with Crippen LogP contribution in [-0.2, 0) is 28.6 Å². The number of nitrogens with one attached hydrogen (secondary N) is 3. The summed E-state index contributed by atoms with van der Waals surface area (Å²) in [5, 5.41) is 7.87. The minimum absolute atomic E-state index is 0.145. The normalized spacial score (nSPS) is 12.1. The van der Waals surface area contributed by atoms with Crippen LogP contribution in [0.2, 0.25) is 0 Å². The Morgan fingerprint density at radius 2 is 0.776 bits per heavy atom. The third-order valence-electron chi connectivity index (χ3n) is 6.79. The molecule has 0 aromatic heterocycles. The van der Waals surface area contributed by atoms with Crippen LogP contribution < -0.4 is 16.0 Å². The Labute approximate surface area is 285 Å². The van der Waals surface area contributed by atoms with Gasteiger partial charge in [0.05, 0.1) is 21.3 Å². The van der Waals surface area contributed by atoms with Crippen molar-refractivity contribution in [1.29, 1.82) is 0 Å². The highest BCUT2D eigenvalue weighted by Crippen LogP contribution is 2.07.